The Morgan fingerprint density at radius 1 is 0.953 bits per heavy atom. The van der Waals surface area contributed by atoms with Gasteiger partial charge in [-0.2, -0.15) is 0 Å². The van der Waals surface area contributed by atoms with Crippen molar-refractivity contribution in [2.24, 2.45) is 0 Å². The Labute approximate surface area is 252 Å². The van der Waals surface area contributed by atoms with E-state index in [-0.39, 0.29) is 11.6 Å². The van der Waals surface area contributed by atoms with Crippen LogP contribution in [0.5, 0.6) is 5.75 Å². The van der Waals surface area contributed by atoms with Gasteiger partial charge in [0.2, 0.25) is 0 Å². The number of nitrogens with zero attached hydrogens (tertiary/aromatic N) is 2. The standard InChI is InChI=1S/C37H36N2O4/c1-24(2)31-21-32(33(42-23-26-12-8-5-9-13-26)20-30(31)18-25-10-6-4-7-11-25)36-34(35(37(40)41)38-43-36)28-14-15-29-22-39(3)17-16-27(29)19-28/h4-15,19-21,24H,16-18,22-23H2,1-3H3,(H,40,41). The number of benzene rings is 4. The number of carboxylic acids is 1. The maximum Gasteiger partial charge on any atom is 0.358 e. The van der Waals surface area contributed by atoms with Gasteiger partial charge in [-0.25, -0.2) is 4.79 Å². The molecule has 0 fully saturated rings. The Kier molecular flexibility index (Phi) is 8.12. The monoisotopic (exact) mass is 572 g/mol. The summed E-state index contributed by atoms with van der Waals surface area (Å²) in [5, 5.41) is 14.3. The first-order chi connectivity index (χ1) is 20.9. The van der Waals surface area contributed by atoms with E-state index in [0.717, 1.165) is 48.2 Å². The Bertz CT molecular complexity index is 1740. The molecule has 218 valence electrons. The van der Waals surface area contributed by atoms with Crippen molar-refractivity contribution in [1.82, 2.24) is 10.1 Å². The zero-order valence-electron chi connectivity index (χ0n) is 24.8. The van der Waals surface area contributed by atoms with Crippen LogP contribution in [0.25, 0.3) is 22.5 Å². The van der Waals surface area contributed by atoms with Crippen molar-refractivity contribution in [1.29, 1.82) is 0 Å². The van der Waals surface area contributed by atoms with Gasteiger partial charge < -0.3 is 19.3 Å². The highest BCUT2D eigenvalue weighted by molar-refractivity contribution is 5.99. The van der Waals surface area contributed by atoms with Crippen LogP contribution in [0.4, 0.5) is 0 Å². The molecule has 1 N–H and O–H groups in total. The Morgan fingerprint density at radius 3 is 2.37 bits per heavy atom. The van der Waals surface area contributed by atoms with Gasteiger partial charge >= 0.3 is 5.97 Å². The summed E-state index contributed by atoms with van der Waals surface area (Å²) >= 11 is 0. The van der Waals surface area contributed by atoms with Crippen molar-refractivity contribution in [2.45, 2.75) is 45.8 Å². The summed E-state index contributed by atoms with van der Waals surface area (Å²) in [6.45, 7) is 6.53. The molecule has 4 aromatic carbocycles. The molecule has 1 aliphatic heterocycles. The van der Waals surface area contributed by atoms with Gasteiger partial charge in [0.15, 0.2) is 11.5 Å². The molecule has 2 heterocycles. The largest absolute Gasteiger partial charge is 0.488 e. The maximum absolute atomic E-state index is 12.4. The van der Waals surface area contributed by atoms with E-state index < -0.39 is 5.97 Å². The third-order valence-corrected chi connectivity index (χ3v) is 8.18. The molecule has 5 aromatic rings. The summed E-state index contributed by atoms with van der Waals surface area (Å²) in [6.07, 6.45) is 1.65. The second-order valence-corrected chi connectivity index (χ2v) is 11.7. The highest BCUT2D eigenvalue weighted by Gasteiger charge is 2.28. The van der Waals surface area contributed by atoms with Crippen LogP contribution in [0.3, 0.4) is 0 Å². The van der Waals surface area contributed by atoms with Crippen LogP contribution in [0.2, 0.25) is 0 Å². The fourth-order valence-corrected chi connectivity index (χ4v) is 5.91. The number of likely N-dealkylation sites (N-methyl/N-ethyl adjacent to an activating group) is 1. The summed E-state index contributed by atoms with van der Waals surface area (Å²) in [6, 6.07) is 30.8. The molecule has 0 spiro atoms. The molecule has 0 unspecified atom stereocenters. The number of aromatic carboxylic acids is 1. The minimum absolute atomic E-state index is 0.101. The molecule has 6 rings (SSSR count). The van der Waals surface area contributed by atoms with E-state index in [1.807, 2.05) is 42.5 Å². The van der Waals surface area contributed by atoms with E-state index in [1.54, 1.807) is 0 Å². The number of carbonyl (C=O) groups is 1. The van der Waals surface area contributed by atoms with Crippen molar-refractivity contribution in [3.05, 3.63) is 130 Å². The number of carboxylic acid groups (broad SMARTS) is 1. The summed E-state index contributed by atoms with van der Waals surface area (Å²) in [7, 11) is 2.11. The highest BCUT2D eigenvalue weighted by Crippen LogP contribution is 2.43. The van der Waals surface area contributed by atoms with Crippen LogP contribution in [0.15, 0.2) is 95.5 Å². The molecule has 1 aromatic heterocycles. The van der Waals surface area contributed by atoms with Crippen LogP contribution >= 0.6 is 0 Å². The van der Waals surface area contributed by atoms with E-state index in [9.17, 15) is 9.90 Å². The normalized spacial score (nSPS) is 13.2. The summed E-state index contributed by atoms with van der Waals surface area (Å²) in [4.78, 5) is 14.7. The molecular weight excluding hydrogens is 536 g/mol. The first-order valence-electron chi connectivity index (χ1n) is 14.8. The van der Waals surface area contributed by atoms with Gasteiger partial charge in [-0.1, -0.05) is 97.9 Å². The summed E-state index contributed by atoms with van der Waals surface area (Å²) in [5.41, 5.74) is 8.89. The SMILES string of the molecule is CC(C)c1cc(-c2onc(C(=O)O)c2-c2ccc3c(c2)CCN(C)C3)c(OCc2ccccc2)cc1Cc1ccccc1. The van der Waals surface area contributed by atoms with Crippen molar-refractivity contribution in [3.63, 3.8) is 0 Å². The lowest BCUT2D eigenvalue weighted by atomic mass is 9.88. The van der Waals surface area contributed by atoms with E-state index >= 15 is 0 Å². The molecule has 1 aliphatic rings. The second kappa shape index (κ2) is 12.3. The number of aromatic nitrogens is 1. The van der Waals surface area contributed by atoms with Crippen LogP contribution in [0, 0.1) is 0 Å². The van der Waals surface area contributed by atoms with Crippen LogP contribution < -0.4 is 4.74 Å². The van der Waals surface area contributed by atoms with Crippen LogP contribution in [-0.2, 0) is 26.0 Å². The van der Waals surface area contributed by atoms with E-state index in [1.165, 1.54) is 16.7 Å². The van der Waals surface area contributed by atoms with Crippen LogP contribution in [-0.4, -0.2) is 34.7 Å². The van der Waals surface area contributed by atoms with E-state index in [0.29, 0.717) is 29.2 Å². The van der Waals surface area contributed by atoms with E-state index in [2.05, 4.69) is 79.5 Å². The number of ether oxygens (including phenoxy) is 1. The van der Waals surface area contributed by atoms with Gasteiger partial charge in [-0.15, -0.1) is 0 Å². The third-order valence-electron chi connectivity index (χ3n) is 8.18. The average molecular weight is 573 g/mol. The van der Waals surface area contributed by atoms with Crippen molar-refractivity contribution in [3.8, 4) is 28.2 Å². The number of rotatable bonds is 9. The molecule has 0 bridgehead atoms. The second-order valence-electron chi connectivity index (χ2n) is 11.7. The lowest BCUT2D eigenvalue weighted by Crippen LogP contribution is -2.26. The van der Waals surface area contributed by atoms with Gasteiger partial charge in [-0.05, 0) is 76.9 Å². The maximum atomic E-state index is 12.4. The fraction of sp³-hybridized carbons (Fsp3) is 0.243. The minimum atomic E-state index is -1.13. The van der Waals surface area contributed by atoms with E-state index in [4.69, 9.17) is 9.26 Å². The smallest absolute Gasteiger partial charge is 0.358 e. The quantitative estimate of drug-likeness (QED) is 0.193. The molecule has 0 saturated carbocycles. The van der Waals surface area contributed by atoms with Crippen molar-refractivity contribution < 1.29 is 19.2 Å². The molecule has 6 heteroatoms. The van der Waals surface area contributed by atoms with Gasteiger partial charge in [0.05, 0.1) is 11.1 Å². The molecule has 0 radical (unpaired) electrons. The van der Waals surface area contributed by atoms with Crippen LogP contribution in [0.1, 0.15) is 63.6 Å². The summed E-state index contributed by atoms with van der Waals surface area (Å²) < 4.78 is 12.4. The minimum Gasteiger partial charge on any atom is -0.488 e. The topological polar surface area (TPSA) is 75.8 Å². The zero-order valence-corrected chi connectivity index (χ0v) is 24.8. The summed E-state index contributed by atoms with van der Waals surface area (Å²) in [5.74, 6) is 0.125. The predicted octanol–water partition coefficient (Wildman–Crippen LogP) is 7.99. The van der Waals surface area contributed by atoms with Gasteiger partial charge in [0, 0.05) is 13.1 Å². The molecule has 0 saturated heterocycles. The predicted molar refractivity (Wildman–Crippen MR) is 168 cm³/mol. The van der Waals surface area contributed by atoms with Gasteiger partial charge in [0.25, 0.3) is 0 Å². The first-order valence-corrected chi connectivity index (χ1v) is 14.8. The van der Waals surface area contributed by atoms with Crippen molar-refractivity contribution in [2.75, 3.05) is 13.6 Å². The molecular formula is C37H36N2O4. The fourth-order valence-electron chi connectivity index (χ4n) is 5.91. The number of hydrogen-bond acceptors (Lipinski definition) is 5. The average Bonchev–Trinajstić information content (AvgIpc) is 3.46. The number of hydrogen-bond donors (Lipinski definition) is 1. The van der Waals surface area contributed by atoms with Gasteiger partial charge in [0.1, 0.15) is 12.4 Å². The Balaban J connectivity index is 1.51. The molecule has 6 nitrogen and oxygen atoms in total. The van der Waals surface area contributed by atoms with Gasteiger partial charge in [-0.3, -0.25) is 0 Å². The Morgan fingerprint density at radius 2 is 1.67 bits per heavy atom. The number of fused-ring (bicyclic) bond motifs is 1. The first kappa shape index (κ1) is 28.4. The lowest BCUT2D eigenvalue weighted by Gasteiger charge is -2.25. The zero-order chi connectivity index (χ0) is 29.9. The molecule has 0 amide bonds. The van der Waals surface area contributed by atoms with Crippen molar-refractivity contribution >= 4 is 5.97 Å². The highest BCUT2D eigenvalue weighted by atomic mass is 16.5. The molecule has 0 aliphatic carbocycles. The Hall–Kier alpha value is -4.68. The third kappa shape index (κ3) is 6.11. The lowest BCUT2D eigenvalue weighted by molar-refractivity contribution is 0.0686. The molecule has 0 atom stereocenters. The molecule has 43 heavy (non-hydrogen) atoms.